The number of aliphatic hydroxyl groups is 1. The summed E-state index contributed by atoms with van der Waals surface area (Å²) in [6.45, 7) is 18.1. The van der Waals surface area contributed by atoms with Crippen LogP contribution in [0.5, 0.6) is 0 Å². The molecule has 0 saturated carbocycles. The molecule has 3 nitrogen and oxygen atoms in total. The molecule has 4 heteroatoms. The van der Waals surface area contributed by atoms with Crippen LogP contribution in [0.1, 0.15) is 34.1 Å². The molecular formula is C16H32O3Si. The molecule has 0 rings (SSSR count). The summed E-state index contributed by atoms with van der Waals surface area (Å²) >= 11 is 0. The molecular weight excluding hydrogens is 268 g/mol. The van der Waals surface area contributed by atoms with E-state index in [9.17, 15) is 5.11 Å². The largest absolute Gasteiger partial charge is 0.414 e. The fraction of sp³-hybridized carbons (Fsp3) is 0.750. The minimum Gasteiger partial charge on any atom is -0.414 e. The van der Waals surface area contributed by atoms with E-state index in [0.29, 0.717) is 26.2 Å². The van der Waals surface area contributed by atoms with E-state index in [0.717, 1.165) is 5.57 Å². The zero-order valence-corrected chi connectivity index (χ0v) is 15.0. The Morgan fingerprint density at radius 2 is 1.90 bits per heavy atom. The summed E-state index contributed by atoms with van der Waals surface area (Å²) < 4.78 is 11.3. The number of hydrogen-bond acceptors (Lipinski definition) is 3. The first-order valence-electron chi connectivity index (χ1n) is 7.26. The zero-order chi connectivity index (χ0) is 15.8. The average molecular weight is 301 g/mol. The molecule has 0 saturated heterocycles. The van der Waals surface area contributed by atoms with Gasteiger partial charge in [0, 0.05) is 0 Å². The molecule has 0 aliphatic rings. The SMILES string of the molecule is C=CCOC/C=C(\C)C[C@@H](O)CO[Si](C)(C)C(C)(C)C. The molecule has 0 unspecified atom stereocenters. The van der Waals surface area contributed by atoms with Crippen LogP contribution in [0, 0.1) is 0 Å². The maximum Gasteiger partial charge on any atom is 0.192 e. The molecule has 0 aliphatic carbocycles. The lowest BCUT2D eigenvalue weighted by Gasteiger charge is -2.36. The fourth-order valence-corrected chi connectivity index (χ4v) is 2.43. The van der Waals surface area contributed by atoms with Crippen LogP contribution in [0.4, 0.5) is 0 Å². The van der Waals surface area contributed by atoms with Gasteiger partial charge in [0.25, 0.3) is 0 Å². The van der Waals surface area contributed by atoms with E-state index in [1.54, 1.807) is 6.08 Å². The van der Waals surface area contributed by atoms with Gasteiger partial charge in [-0.1, -0.05) is 38.5 Å². The highest BCUT2D eigenvalue weighted by Crippen LogP contribution is 2.36. The van der Waals surface area contributed by atoms with Gasteiger partial charge in [-0.2, -0.15) is 0 Å². The van der Waals surface area contributed by atoms with Crippen LogP contribution in [-0.4, -0.2) is 39.3 Å². The van der Waals surface area contributed by atoms with E-state index < -0.39 is 14.4 Å². The van der Waals surface area contributed by atoms with Crippen molar-refractivity contribution in [2.45, 2.75) is 58.4 Å². The quantitative estimate of drug-likeness (QED) is 0.398. The van der Waals surface area contributed by atoms with Crippen LogP contribution in [-0.2, 0) is 9.16 Å². The van der Waals surface area contributed by atoms with Crippen molar-refractivity contribution in [3.63, 3.8) is 0 Å². The Morgan fingerprint density at radius 3 is 2.40 bits per heavy atom. The van der Waals surface area contributed by atoms with Gasteiger partial charge >= 0.3 is 0 Å². The highest BCUT2D eigenvalue weighted by Gasteiger charge is 2.37. The van der Waals surface area contributed by atoms with Crippen molar-refractivity contribution in [2.75, 3.05) is 19.8 Å². The second-order valence-electron chi connectivity index (χ2n) is 6.81. The van der Waals surface area contributed by atoms with Gasteiger partial charge in [-0.15, -0.1) is 6.58 Å². The second kappa shape index (κ2) is 8.77. The van der Waals surface area contributed by atoms with E-state index in [-0.39, 0.29) is 5.04 Å². The molecule has 20 heavy (non-hydrogen) atoms. The van der Waals surface area contributed by atoms with Crippen LogP contribution < -0.4 is 0 Å². The lowest BCUT2D eigenvalue weighted by molar-refractivity contribution is 0.0997. The normalized spacial score (nSPS) is 15.2. The van der Waals surface area contributed by atoms with Gasteiger partial charge in [-0.3, -0.25) is 0 Å². The summed E-state index contributed by atoms with van der Waals surface area (Å²) in [5, 5.41) is 10.2. The predicted molar refractivity (Wildman–Crippen MR) is 88.5 cm³/mol. The monoisotopic (exact) mass is 300 g/mol. The topological polar surface area (TPSA) is 38.7 Å². The van der Waals surface area contributed by atoms with E-state index in [2.05, 4.69) is 40.4 Å². The Bertz CT molecular complexity index is 316. The summed E-state index contributed by atoms with van der Waals surface area (Å²) in [6.07, 6.45) is 3.91. The van der Waals surface area contributed by atoms with Gasteiger partial charge in [-0.25, -0.2) is 0 Å². The molecule has 0 aromatic heterocycles. The van der Waals surface area contributed by atoms with E-state index in [4.69, 9.17) is 9.16 Å². The van der Waals surface area contributed by atoms with Crippen molar-refractivity contribution >= 4 is 8.32 Å². The summed E-state index contributed by atoms with van der Waals surface area (Å²) in [5.41, 5.74) is 1.13. The lowest BCUT2D eigenvalue weighted by Crippen LogP contribution is -2.42. The number of rotatable bonds is 9. The molecule has 118 valence electrons. The maximum absolute atomic E-state index is 10.1. The summed E-state index contributed by atoms with van der Waals surface area (Å²) in [5.74, 6) is 0. The minimum atomic E-state index is -1.77. The van der Waals surface area contributed by atoms with Crippen molar-refractivity contribution in [2.24, 2.45) is 0 Å². The average Bonchev–Trinajstić information content (AvgIpc) is 2.31. The maximum atomic E-state index is 10.1. The molecule has 0 heterocycles. The van der Waals surface area contributed by atoms with Crippen LogP contribution in [0.3, 0.4) is 0 Å². The summed E-state index contributed by atoms with van der Waals surface area (Å²) in [4.78, 5) is 0. The van der Waals surface area contributed by atoms with Crippen molar-refractivity contribution in [1.29, 1.82) is 0 Å². The first kappa shape index (κ1) is 19.6. The molecule has 1 N–H and O–H groups in total. The first-order chi connectivity index (χ1) is 9.10. The van der Waals surface area contributed by atoms with Crippen molar-refractivity contribution in [1.82, 2.24) is 0 Å². The van der Waals surface area contributed by atoms with Gasteiger partial charge in [0.1, 0.15) is 0 Å². The van der Waals surface area contributed by atoms with Gasteiger partial charge < -0.3 is 14.3 Å². The van der Waals surface area contributed by atoms with E-state index >= 15 is 0 Å². The molecule has 0 radical (unpaired) electrons. The third-order valence-corrected chi connectivity index (χ3v) is 8.29. The Kier molecular flexibility index (Phi) is 8.59. The van der Waals surface area contributed by atoms with Gasteiger partial charge in [0.2, 0.25) is 0 Å². The third kappa shape index (κ3) is 8.00. The summed E-state index contributed by atoms with van der Waals surface area (Å²) in [7, 11) is -1.77. The molecule has 1 atom stereocenters. The molecule has 0 spiro atoms. The highest BCUT2D eigenvalue weighted by atomic mass is 28.4. The Balaban J connectivity index is 4.11. The van der Waals surface area contributed by atoms with Crippen LogP contribution in [0.25, 0.3) is 0 Å². The van der Waals surface area contributed by atoms with Crippen LogP contribution in [0.2, 0.25) is 18.1 Å². The smallest absolute Gasteiger partial charge is 0.192 e. The Morgan fingerprint density at radius 1 is 1.30 bits per heavy atom. The second-order valence-corrected chi connectivity index (χ2v) is 11.6. The summed E-state index contributed by atoms with van der Waals surface area (Å²) in [6, 6.07) is 0. The molecule has 0 aliphatic heterocycles. The van der Waals surface area contributed by atoms with Crippen molar-refractivity contribution in [3.8, 4) is 0 Å². The zero-order valence-electron chi connectivity index (χ0n) is 14.0. The fourth-order valence-electron chi connectivity index (χ4n) is 1.39. The molecule has 0 bridgehead atoms. The van der Waals surface area contributed by atoms with Gasteiger partial charge in [0.15, 0.2) is 8.32 Å². The van der Waals surface area contributed by atoms with Crippen molar-refractivity contribution < 1.29 is 14.3 Å². The Hall–Kier alpha value is -0.423. The number of hydrogen-bond donors (Lipinski definition) is 1. The molecule has 0 aromatic rings. The molecule has 0 aromatic carbocycles. The molecule has 0 amide bonds. The predicted octanol–water partition coefficient (Wildman–Crippen LogP) is 3.91. The van der Waals surface area contributed by atoms with Gasteiger partial charge in [-0.05, 0) is 31.5 Å². The van der Waals surface area contributed by atoms with E-state index in [1.807, 2.05) is 13.0 Å². The first-order valence-corrected chi connectivity index (χ1v) is 10.2. The van der Waals surface area contributed by atoms with Gasteiger partial charge in [0.05, 0.1) is 25.9 Å². The van der Waals surface area contributed by atoms with Crippen LogP contribution >= 0.6 is 0 Å². The van der Waals surface area contributed by atoms with Crippen molar-refractivity contribution in [3.05, 3.63) is 24.3 Å². The lowest BCUT2D eigenvalue weighted by atomic mass is 10.1. The number of ether oxygens (including phenoxy) is 1. The Labute approximate surface area is 125 Å². The van der Waals surface area contributed by atoms with Crippen LogP contribution in [0.15, 0.2) is 24.3 Å². The standard InChI is InChI=1S/C16H32O3Si/c1-8-10-18-11-9-14(2)12-15(17)13-19-20(6,7)16(3,4)5/h8-9,15,17H,1,10-13H2,2-7H3/b14-9+/t15-/m1/s1. The van der Waals surface area contributed by atoms with E-state index in [1.165, 1.54) is 0 Å². The molecule has 0 fully saturated rings. The number of aliphatic hydroxyl groups excluding tert-OH is 1. The third-order valence-electron chi connectivity index (χ3n) is 3.79. The minimum absolute atomic E-state index is 0.177. The highest BCUT2D eigenvalue weighted by molar-refractivity contribution is 6.74.